The predicted octanol–water partition coefficient (Wildman–Crippen LogP) is 5.68. The molecule has 154 valence electrons. The number of aromatic nitrogens is 2. The number of carbonyl (C=O) groups excluding carboxylic acids is 1. The molecule has 0 aliphatic heterocycles. The van der Waals surface area contributed by atoms with Crippen LogP contribution in [0.4, 0.5) is 18.9 Å². The molecule has 0 saturated heterocycles. The lowest BCUT2D eigenvalue weighted by atomic mass is 10.2. The zero-order chi connectivity index (χ0) is 21.5. The maximum Gasteiger partial charge on any atom is 0.416 e. The Hall–Kier alpha value is -3.33. The highest BCUT2D eigenvalue weighted by atomic mass is 32.1. The SMILES string of the molecule is COc1ccc(NC(=O)c2cc3c(C)nn(-c4cccc(C(F)(F)F)c4)c3s2)cc1. The number of alkyl halides is 3. The number of hydrogen-bond donors (Lipinski definition) is 1. The molecule has 30 heavy (non-hydrogen) atoms. The number of benzene rings is 2. The molecule has 0 fully saturated rings. The molecule has 0 spiro atoms. The van der Waals surface area contributed by atoms with Crippen LogP contribution in [0.3, 0.4) is 0 Å². The summed E-state index contributed by atoms with van der Waals surface area (Å²) in [4.78, 5) is 13.7. The molecule has 0 unspecified atom stereocenters. The highest BCUT2D eigenvalue weighted by Crippen LogP contribution is 2.34. The molecule has 4 aromatic rings. The summed E-state index contributed by atoms with van der Waals surface area (Å²) >= 11 is 1.17. The van der Waals surface area contributed by atoms with Crippen molar-refractivity contribution < 1.29 is 22.7 Å². The van der Waals surface area contributed by atoms with Gasteiger partial charge in [-0.2, -0.15) is 18.3 Å². The maximum absolute atomic E-state index is 13.1. The van der Waals surface area contributed by atoms with Gasteiger partial charge in [-0.25, -0.2) is 4.68 Å². The van der Waals surface area contributed by atoms with Crippen LogP contribution in [0.1, 0.15) is 20.9 Å². The lowest BCUT2D eigenvalue weighted by Gasteiger charge is -2.09. The topological polar surface area (TPSA) is 56.1 Å². The first-order chi connectivity index (χ1) is 14.3. The molecule has 4 rings (SSSR count). The second-order valence-corrected chi connectivity index (χ2v) is 7.59. The van der Waals surface area contributed by atoms with Crippen LogP contribution in [0.25, 0.3) is 15.9 Å². The van der Waals surface area contributed by atoms with Gasteiger partial charge in [0, 0.05) is 11.1 Å². The maximum atomic E-state index is 13.1. The Labute approximate surface area is 173 Å². The first-order valence-electron chi connectivity index (χ1n) is 8.88. The van der Waals surface area contributed by atoms with E-state index in [-0.39, 0.29) is 11.6 Å². The number of aryl methyl sites for hydroxylation is 1. The number of ether oxygens (including phenoxy) is 1. The van der Waals surface area contributed by atoms with Gasteiger partial charge in [-0.3, -0.25) is 4.79 Å². The third kappa shape index (κ3) is 3.76. The Bertz CT molecular complexity index is 1230. The molecule has 9 heteroatoms. The zero-order valence-corrected chi connectivity index (χ0v) is 16.8. The van der Waals surface area contributed by atoms with E-state index in [0.717, 1.165) is 17.5 Å². The number of thiophene rings is 1. The monoisotopic (exact) mass is 431 g/mol. The Morgan fingerprint density at radius 1 is 1.13 bits per heavy atom. The summed E-state index contributed by atoms with van der Waals surface area (Å²) in [6, 6.07) is 13.6. The van der Waals surface area contributed by atoms with Crippen molar-refractivity contribution >= 4 is 33.1 Å². The molecule has 1 N–H and O–H groups in total. The van der Waals surface area contributed by atoms with Crippen LogP contribution in [0.15, 0.2) is 54.6 Å². The van der Waals surface area contributed by atoms with Gasteiger partial charge in [-0.1, -0.05) is 6.07 Å². The van der Waals surface area contributed by atoms with Gasteiger partial charge < -0.3 is 10.1 Å². The number of hydrogen-bond acceptors (Lipinski definition) is 4. The molecule has 0 aliphatic rings. The van der Waals surface area contributed by atoms with Crippen molar-refractivity contribution in [2.24, 2.45) is 0 Å². The summed E-state index contributed by atoms with van der Waals surface area (Å²) in [6.45, 7) is 1.75. The molecule has 0 atom stereocenters. The predicted molar refractivity (Wildman–Crippen MR) is 110 cm³/mol. The van der Waals surface area contributed by atoms with E-state index in [4.69, 9.17) is 4.74 Å². The smallest absolute Gasteiger partial charge is 0.416 e. The summed E-state index contributed by atoms with van der Waals surface area (Å²) < 4.78 is 45.8. The molecule has 0 bridgehead atoms. The van der Waals surface area contributed by atoms with Crippen molar-refractivity contribution in [1.29, 1.82) is 0 Å². The lowest BCUT2D eigenvalue weighted by molar-refractivity contribution is -0.137. The van der Waals surface area contributed by atoms with Gasteiger partial charge >= 0.3 is 6.18 Å². The Balaban J connectivity index is 1.67. The van der Waals surface area contributed by atoms with Crippen LogP contribution in [0.5, 0.6) is 5.75 Å². The van der Waals surface area contributed by atoms with Gasteiger partial charge in [-0.05, 0) is 55.5 Å². The average molecular weight is 431 g/mol. The van der Waals surface area contributed by atoms with E-state index < -0.39 is 11.7 Å². The van der Waals surface area contributed by atoms with E-state index in [0.29, 0.717) is 26.8 Å². The Morgan fingerprint density at radius 2 is 1.87 bits per heavy atom. The second-order valence-electron chi connectivity index (χ2n) is 6.56. The number of halogens is 3. The summed E-state index contributed by atoms with van der Waals surface area (Å²) in [5.74, 6) is 0.364. The van der Waals surface area contributed by atoms with E-state index in [1.54, 1.807) is 50.4 Å². The minimum Gasteiger partial charge on any atom is -0.497 e. The van der Waals surface area contributed by atoms with Crippen LogP contribution in [-0.4, -0.2) is 22.8 Å². The van der Waals surface area contributed by atoms with Crippen LogP contribution in [-0.2, 0) is 6.18 Å². The van der Waals surface area contributed by atoms with Crippen molar-refractivity contribution in [2.45, 2.75) is 13.1 Å². The fraction of sp³-hybridized carbons (Fsp3) is 0.143. The number of rotatable bonds is 4. The zero-order valence-electron chi connectivity index (χ0n) is 15.9. The van der Waals surface area contributed by atoms with Crippen molar-refractivity contribution in [3.63, 3.8) is 0 Å². The summed E-state index contributed by atoms with van der Waals surface area (Å²) in [5.41, 5.74) is 0.763. The second kappa shape index (κ2) is 7.49. The number of methoxy groups -OCH3 is 1. The average Bonchev–Trinajstić information content (AvgIpc) is 3.29. The quantitative estimate of drug-likeness (QED) is 0.453. The minimum atomic E-state index is -4.45. The molecular weight excluding hydrogens is 415 g/mol. The van der Waals surface area contributed by atoms with Crippen molar-refractivity contribution in [1.82, 2.24) is 9.78 Å². The molecule has 1 amide bonds. The van der Waals surface area contributed by atoms with Crippen molar-refractivity contribution in [3.8, 4) is 11.4 Å². The van der Waals surface area contributed by atoms with Crippen LogP contribution < -0.4 is 10.1 Å². The molecule has 0 saturated carbocycles. The molecule has 0 radical (unpaired) electrons. The molecule has 5 nitrogen and oxygen atoms in total. The van der Waals surface area contributed by atoms with Crippen molar-refractivity contribution in [2.75, 3.05) is 12.4 Å². The van der Waals surface area contributed by atoms with Gasteiger partial charge in [0.2, 0.25) is 0 Å². The van der Waals surface area contributed by atoms with E-state index in [2.05, 4.69) is 10.4 Å². The number of carbonyl (C=O) groups is 1. The number of anilines is 1. The molecular formula is C21H16F3N3O2S. The van der Waals surface area contributed by atoms with Gasteiger partial charge in [-0.15, -0.1) is 11.3 Å². The first kappa shape index (κ1) is 20.0. The molecule has 2 aromatic heterocycles. The van der Waals surface area contributed by atoms with E-state index in [1.807, 2.05) is 0 Å². The number of nitrogens with zero attached hydrogens (tertiary/aromatic N) is 2. The summed E-state index contributed by atoms with van der Waals surface area (Å²) in [6.07, 6.45) is -4.45. The van der Waals surface area contributed by atoms with Gasteiger partial charge in [0.15, 0.2) is 0 Å². The minimum absolute atomic E-state index is 0.284. The Kier molecular flexibility index (Phi) is 4.98. The normalized spacial score (nSPS) is 11.6. The van der Waals surface area contributed by atoms with E-state index >= 15 is 0 Å². The van der Waals surface area contributed by atoms with Crippen LogP contribution in [0, 0.1) is 6.92 Å². The summed E-state index contributed by atoms with van der Waals surface area (Å²) in [5, 5.41) is 7.89. The molecule has 2 aromatic carbocycles. The number of amides is 1. The third-order valence-electron chi connectivity index (χ3n) is 4.53. The highest BCUT2D eigenvalue weighted by molar-refractivity contribution is 7.20. The molecule has 0 aliphatic carbocycles. The van der Waals surface area contributed by atoms with Gasteiger partial charge in [0.1, 0.15) is 10.6 Å². The largest absolute Gasteiger partial charge is 0.497 e. The van der Waals surface area contributed by atoms with Gasteiger partial charge in [0.25, 0.3) is 5.91 Å². The van der Waals surface area contributed by atoms with E-state index in [1.165, 1.54) is 22.1 Å². The van der Waals surface area contributed by atoms with Crippen LogP contribution in [0.2, 0.25) is 0 Å². The number of nitrogens with one attached hydrogen (secondary N) is 1. The van der Waals surface area contributed by atoms with Crippen molar-refractivity contribution in [3.05, 3.63) is 70.7 Å². The fourth-order valence-electron chi connectivity index (χ4n) is 3.02. The third-order valence-corrected chi connectivity index (χ3v) is 5.64. The fourth-order valence-corrected chi connectivity index (χ4v) is 4.09. The summed E-state index contributed by atoms with van der Waals surface area (Å²) in [7, 11) is 1.56. The van der Waals surface area contributed by atoms with E-state index in [9.17, 15) is 18.0 Å². The molecule has 2 heterocycles. The van der Waals surface area contributed by atoms with Crippen LogP contribution >= 0.6 is 11.3 Å². The highest BCUT2D eigenvalue weighted by Gasteiger charge is 2.31. The Morgan fingerprint density at radius 3 is 2.53 bits per heavy atom. The number of fused-ring (bicyclic) bond motifs is 1. The lowest BCUT2D eigenvalue weighted by Crippen LogP contribution is -2.10. The van der Waals surface area contributed by atoms with Gasteiger partial charge in [0.05, 0.1) is 28.9 Å². The standard InChI is InChI=1S/C21H16F3N3O2S/c1-12-17-11-18(19(28)25-14-6-8-16(29-2)9-7-14)30-20(17)27(26-12)15-5-3-4-13(10-15)21(22,23)24/h3-11H,1-2H3,(H,25,28). The first-order valence-corrected chi connectivity index (χ1v) is 9.70.